The fraction of sp³-hybridized carbons (Fsp3) is 0.636. The summed E-state index contributed by atoms with van der Waals surface area (Å²) in [6.07, 6.45) is 3.44. The molecule has 0 bridgehead atoms. The van der Waals surface area contributed by atoms with E-state index in [0.717, 1.165) is 67.2 Å². The van der Waals surface area contributed by atoms with E-state index in [-0.39, 0.29) is 11.9 Å². The summed E-state index contributed by atoms with van der Waals surface area (Å²) in [4.78, 5) is 42.2. The molecule has 8 nitrogen and oxygen atoms in total. The van der Waals surface area contributed by atoms with E-state index in [1.165, 1.54) is 24.9 Å². The fourth-order valence-electron chi connectivity index (χ4n) is 4.61. The third-order valence-electron chi connectivity index (χ3n) is 6.41. The van der Waals surface area contributed by atoms with Crippen molar-refractivity contribution in [3.8, 4) is 0 Å². The Morgan fingerprint density at radius 2 is 1.84 bits per heavy atom. The predicted octanol–water partition coefficient (Wildman–Crippen LogP) is 2.62. The topological polar surface area (TPSA) is 78.9 Å². The summed E-state index contributed by atoms with van der Waals surface area (Å²) in [6, 6.07) is 0.352. The van der Waals surface area contributed by atoms with Crippen LogP contribution in [0.25, 0.3) is 10.2 Å². The Labute approximate surface area is 187 Å². The number of hydrogen-bond donors (Lipinski definition) is 0. The van der Waals surface area contributed by atoms with Gasteiger partial charge in [0.2, 0.25) is 5.91 Å². The Morgan fingerprint density at radius 1 is 1.10 bits per heavy atom. The zero-order chi connectivity index (χ0) is 22.1. The molecule has 2 aliphatic rings. The molecule has 2 fully saturated rings. The van der Waals surface area contributed by atoms with Gasteiger partial charge in [-0.3, -0.25) is 9.69 Å². The predicted molar refractivity (Wildman–Crippen MR) is 122 cm³/mol. The molecule has 4 rings (SSSR count). The van der Waals surface area contributed by atoms with Gasteiger partial charge >= 0.3 is 5.97 Å². The van der Waals surface area contributed by atoms with E-state index >= 15 is 0 Å². The van der Waals surface area contributed by atoms with Crippen molar-refractivity contribution in [3.05, 3.63) is 16.3 Å². The highest BCUT2D eigenvalue weighted by atomic mass is 32.1. The zero-order valence-corrected chi connectivity index (χ0v) is 19.6. The number of rotatable bonds is 4. The molecule has 0 saturated carbocycles. The van der Waals surface area contributed by atoms with Gasteiger partial charge in [0, 0.05) is 38.8 Å². The van der Waals surface area contributed by atoms with Crippen molar-refractivity contribution in [2.45, 2.75) is 46.1 Å². The van der Waals surface area contributed by atoms with Gasteiger partial charge in [0.05, 0.1) is 19.0 Å². The average Bonchev–Trinajstić information content (AvgIpc) is 3.09. The first-order chi connectivity index (χ1) is 14.9. The van der Waals surface area contributed by atoms with Crippen LogP contribution in [0.1, 0.15) is 47.2 Å². The summed E-state index contributed by atoms with van der Waals surface area (Å²) < 4.78 is 4.94. The van der Waals surface area contributed by atoms with Crippen LogP contribution in [-0.4, -0.2) is 84.1 Å². The summed E-state index contributed by atoms with van der Waals surface area (Å²) in [7, 11) is 1.40. The second kappa shape index (κ2) is 9.08. The van der Waals surface area contributed by atoms with E-state index < -0.39 is 0 Å². The van der Waals surface area contributed by atoms with Crippen LogP contribution >= 0.6 is 11.3 Å². The number of fused-ring (bicyclic) bond motifs is 1. The van der Waals surface area contributed by atoms with Gasteiger partial charge in [0.1, 0.15) is 21.3 Å². The van der Waals surface area contributed by atoms with Crippen LogP contribution < -0.4 is 4.90 Å². The first-order valence-electron chi connectivity index (χ1n) is 11.0. The number of aryl methyl sites for hydroxylation is 2. The largest absolute Gasteiger partial charge is 0.465 e. The average molecular weight is 446 g/mol. The van der Waals surface area contributed by atoms with Crippen molar-refractivity contribution in [2.24, 2.45) is 0 Å². The van der Waals surface area contributed by atoms with Crippen LogP contribution in [0.15, 0.2) is 0 Å². The maximum atomic E-state index is 12.8. The van der Waals surface area contributed by atoms with Gasteiger partial charge in [-0.25, -0.2) is 14.8 Å². The molecule has 0 aliphatic carbocycles. The number of anilines is 1. The zero-order valence-electron chi connectivity index (χ0n) is 18.8. The van der Waals surface area contributed by atoms with Crippen LogP contribution in [0.3, 0.4) is 0 Å². The number of likely N-dealkylation sites (tertiary alicyclic amines) is 1. The van der Waals surface area contributed by atoms with Crippen molar-refractivity contribution in [3.63, 3.8) is 0 Å². The lowest BCUT2D eigenvalue weighted by Crippen LogP contribution is -2.52. The molecule has 1 unspecified atom stereocenters. The number of carbonyl (C=O) groups is 2. The lowest BCUT2D eigenvalue weighted by molar-refractivity contribution is -0.135. The normalized spacial score (nSPS) is 20.3. The summed E-state index contributed by atoms with van der Waals surface area (Å²) in [5.74, 6) is 1.48. The molecule has 4 heterocycles. The van der Waals surface area contributed by atoms with Gasteiger partial charge in [0.25, 0.3) is 0 Å². The van der Waals surface area contributed by atoms with Crippen LogP contribution in [-0.2, 0) is 9.53 Å². The molecule has 0 spiro atoms. The van der Waals surface area contributed by atoms with E-state index in [0.29, 0.717) is 23.3 Å². The van der Waals surface area contributed by atoms with Crippen molar-refractivity contribution in [1.82, 2.24) is 19.8 Å². The third kappa shape index (κ3) is 4.39. The first kappa shape index (κ1) is 22.0. The van der Waals surface area contributed by atoms with E-state index in [1.54, 1.807) is 0 Å². The number of piperidine rings is 1. The second-order valence-corrected chi connectivity index (χ2v) is 9.52. The van der Waals surface area contributed by atoms with Crippen molar-refractivity contribution in [2.75, 3.05) is 51.3 Å². The smallest absolute Gasteiger partial charge is 0.348 e. The molecular formula is C22H31N5O3S. The second-order valence-electron chi connectivity index (χ2n) is 8.52. The van der Waals surface area contributed by atoms with E-state index in [2.05, 4.69) is 26.6 Å². The van der Waals surface area contributed by atoms with Gasteiger partial charge in [-0.1, -0.05) is 0 Å². The quantitative estimate of drug-likeness (QED) is 0.670. The maximum Gasteiger partial charge on any atom is 0.348 e. The van der Waals surface area contributed by atoms with E-state index in [1.807, 2.05) is 13.8 Å². The third-order valence-corrected chi connectivity index (χ3v) is 7.57. The Hall–Kier alpha value is -2.26. The molecule has 9 heteroatoms. The lowest BCUT2D eigenvalue weighted by Gasteiger charge is -2.38. The van der Waals surface area contributed by atoms with Gasteiger partial charge in [-0.05, 0) is 45.6 Å². The monoisotopic (exact) mass is 445 g/mol. The van der Waals surface area contributed by atoms with Crippen LogP contribution in [0, 0.1) is 13.8 Å². The van der Waals surface area contributed by atoms with Gasteiger partial charge in [0.15, 0.2) is 0 Å². The summed E-state index contributed by atoms with van der Waals surface area (Å²) in [6.45, 7) is 10.5. The van der Waals surface area contributed by atoms with Crippen LogP contribution in [0.2, 0.25) is 0 Å². The Balaban J connectivity index is 1.48. The molecule has 0 radical (unpaired) electrons. The van der Waals surface area contributed by atoms with Crippen molar-refractivity contribution in [1.29, 1.82) is 0 Å². The number of hydrogen-bond acceptors (Lipinski definition) is 8. The molecule has 1 amide bonds. The molecule has 2 aliphatic heterocycles. The minimum atomic E-state index is -0.334. The highest BCUT2D eigenvalue weighted by Gasteiger charge is 2.28. The van der Waals surface area contributed by atoms with Gasteiger partial charge < -0.3 is 14.5 Å². The summed E-state index contributed by atoms with van der Waals surface area (Å²) in [5.41, 5.74) is 0.874. The summed E-state index contributed by atoms with van der Waals surface area (Å²) >= 11 is 1.36. The number of thiophene rings is 1. The number of methoxy groups -OCH3 is 1. The van der Waals surface area contributed by atoms with E-state index in [9.17, 15) is 9.59 Å². The number of nitrogens with zero attached hydrogens (tertiary/aromatic N) is 5. The standard InChI is InChI=1S/C22H31N5O3S/c1-14-7-5-6-8-27(14)17(28)13-25-9-11-26(12-10-25)20-18-15(2)19(22(29)30-4)31-21(18)24-16(3)23-20/h14H,5-13H2,1-4H3. The van der Waals surface area contributed by atoms with Crippen molar-refractivity contribution >= 4 is 39.2 Å². The van der Waals surface area contributed by atoms with Crippen LogP contribution in [0.5, 0.6) is 0 Å². The number of ether oxygens (including phenoxy) is 1. The van der Waals surface area contributed by atoms with Crippen molar-refractivity contribution < 1.29 is 14.3 Å². The fourth-order valence-corrected chi connectivity index (χ4v) is 5.75. The van der Waals surface area contributed by atoms with Gasteiger partial charge in [-0.15, -0.1) is 11.3 Å². The number of amides is 1. The molecule has 0 aromatic carbocycles. The van der Waals surface area contributed by atoms with Crippen LogP contribution in [0.4, 0.5) is 5.82 Å². The molecule has 31 heavy (non-hydrogen) atoms. The lowest BCUT2D eigenvalue weighted by atomic mass is 10.0. The summed E-state index contributed by atoms with van der Waals surface area (Å²) in [5, 5.41) is 0.933. The molecule has 2 saturated heterocycles. The highest BCUT2D eigenvalue weighted by Crippen LogP contribution is 2.36. The molecule has 0 N–H and O–H groups in total. The van der Waals surface area contributed by atoms with E-state index in [4.69, 9.17) is 9.72 Å². The number of piperazine rings is 1. The highest BCUT2D eigenvalue weighted by molar-refractivity contribution is 7.20. The molecule has 2 aromatic heterocycles. The first-order valence-corrected chi connectivity index (χ1v) is 11.8. The van der Waals surface area contributed by atoms with Gasteiger partial charge in [-0.2, -0.15) is 0 Å². The SMILES string of the molecule is COC(=O)c1sc2nc(C)nc(N3CCN(CC(=O)N4CCCCC4C)CC3)c2c1C. The Morgan fingerprint density at radius 3 is 2.52 bits per heavy atom. The molecule has 1 atom stereocenters. The minimum absolute atomic E-state index is 0.248. The number of aromatic nitrogens is 2. The minimum Gasteiger partial charge on any atom is -0.465 e. The number of esters is 1. The Bertz CT molecular complexity index is 983. The number of carbonyl (C=O) groups excluding carboxylic acids is 2. The Kier molecular flexibility index (Phi) is 6.43. The molecule has 2 aromatic rings. The molecule has 168 valence electrons. The maximum absolute atomic E-state index is 12.8. The molecular weight excluding hydrogens is 414 g/mol.